The third kappa shape index (κ3) is 3.69. The van der Waals surface area contributed by atoms with Crippen molar-refractivity contribution < 1.29 is 9.59 Å². The van der Waals surface area contributed by atoms with Crippen LogP contribution in [0.1, 0.15) is 34.1 Å². The summed E-state index contributed by atoms with van der Waals surface area (Å²) in [4.78, 5) is 22.8. The largest absolute Gasteiger partial charge is 0.350 e. The van der Waals surface area contributed by atoms with Crippen LogP contribution < -0.4 is 5.32 Å². The van der Waals surface area contributed by atoms with E-state index in [2.05, 4.69) is 10.4 Å². The number of carbonyl (C=O) groups is 2. The van der Waals surface area contributed by atoms with Crippen LogP contribution in [-0.4, -0.2) is 34.6 Å². The number of amides is 2. The quantitative estimate of drug-likeness (QED) is 0.723. The fourth-order valence-electron chi connectivity index (χ4n) is 1.32. The van der Waals surface area contributed by atoms with Crippen LogP contribution >= 0.6 is 0 Å². The van der Waals surface area contributed by atoms with E-state index >= 15 is 0 Å². The highest BCUT2D eigenvalue weighted by atomic mass is 16.2. The Bertz CT molecular complexity index is 315. The van der Waals surface area contributed by atoms with E-state index in [1.165, 1.54) is 5.01 Å². The van der Waals surface area contributed by atoms with Gasteiger partial charge in [-0.25, -0.2) is 5.01 Å². The summed E-state index contributed by atoms with van der Waals surface area (Å²) in [6.45, 7) is 7.47. The van der Waals surface area contributed by atoms with Gasteiger partial charge in [0.05, 0.1) is 6.42 Å². The standard InChI is InChI=1S/C10H17N3O2/c1-7-5-9(15)13(12-7)6-8(14)11-10(2,3)4/h5-6H2,1-4H3,(H,11,14). The molecule has 1 aliphatic heterocycles. The zero-order chi connectivity index (χ0) is 11.6. The Morgan fingerprint density at radius 1 is 1.53 bits per heavy atom. The number of hydrogen-bond acceptors (Lipinski definition) is 3. The Morgan fingerprint density at radius 3 is 2.53 bits per heavy atom. The Kier molecular flexibility index (Phi) is 3.12. The summed E-state index contributed by atoms with van der Waals surface area (Å²) in [7, 11) is 0. The van der Waals surface area contributed by atoms with Gasteiger partial charge in [0.1, 0.15) is 6.54 Å². The average molecular weight is 211 g/mol. The Balaban J connectivity index is 2.49. The number of hydrazone groups is 1. The number of carbonyl (C=O) groups excluding carboxylic acids is 2. The molecule has 0 aromatic rings. The summed E-state index contributed by atoms with van der Waals surface area (Å²) < 4.78 is 0. The number of nitrogens with zero attached hydrogens (tertiary/aromatic N) is 2. The van der Waals surface area contributed by atoms with Crippen molar-refractivity contribution in [1.29, 1.82) is 0 Å². The minimum Gasteiger partial charge on any atom is -0.350 e. The maximum absolute atomic E-state index is 11.5. The molecule has 0 radical (unpaired) electrons. The van der Waals surface area contributed by atoms with Gasteiger partial charge in [-0.3, -0.25) is 9.59 Å². The van der Waals surface area contributed by atoms with Gasteiger partial charge in [-0.1, -0.05) is 0 Å². The molecule has 0 atom stereocenters. The summed E-state index contributed by atoms with van der Waals surface area (Å²) in [5.74, 6) is -0.300. The van der Waals surface area contributed by atoms with Crippen LogP contribution in [-0.2, 0) is 9.59 Å². The molecule has 1 heterocycles. The van der Waals surface area contributed by atoms with E-state index in [1.807, 2.05) is 20.8 Å². The van der Waals surface area contributed by atoms with Crippen LogP contribution in [0.15, 0.2) is 5.10 Å². The summed E-state index contributed by atoms with van der Waals surface area (Å²) in [6.07, 6.45) is 0.322. The Morgan fingerprint density at radius 2 is 2.13 bits per heavy atom. The normalized spacial score (nSPS) is 16.7. The number of nitrogens with one attached hydrogen (secondary N) is 1. The molecule has 1 aliphatic rings. The minimum absolute atomic E-state index is 0.00738. The first-order chi connectivity index (χ1) is 6.78. The summed E-state index contributed by atoms with van der Waals surface area (Å²) in [5.41, 5.74) is 0.474. The Hall–Kier alpha value is -1.39. The first kappa shape index (κ1) is 11.7. The molecule has 1 rings (SSSR count). The molecule has 2 amide bonds. The van der Waals surface area contributed by atoms with E-state index < -0.39 is 0 Å². The molecule has 0 saturated heterocycles. The lowest BCUT2D eigenvalue weighted by atomic mass is 10.1. The van der Waals surface area contributed by atoms with Gasteiger partial charge in [-0.2, -0.15) is 5.10 Å². The zero-order valence-corrected chi connectivity index (χ0v) is 9.63. The van der Waals surface area contributed by atoms with Gasteiger partial charge in [0.15, 0.2) is 0 Å². The van der Waals surface area contributed by atoms with Crippen molar-refractivity contribution in [2.75, 3.05) is 6.54 Å². The zero-order valence-electron chi connectivity index (χ0n) is 9.63. The summed E-state index contributed by atoms with van der Waals surface area (Å²) in [5, 5.41) is 7.98. The van der Waals surface area contributed by atoms with Gasteiger partial charge >= 0.3 is 0 Å². The highest BCUT2D eigenvalue weighted by Gasteiger charge is 2.24. The van der Waals surface area contributed by atoms with Crippen LogP contribution in [0.2, 0.25) is 0 Å². The molecule has 5 heteroatoms. The smallest absolute Gasteiger partial charge is 0.248 e. The van der Waals surface area contributed by atoms with Crippen molar-refractivity contribution in [2.24, 2.45) is 5.10 Å². The minimum atomic E-state index is -0.279. The molecule has 0 unspecified atom stereocenters. The first-order valence-corrected chi connectivity index (χ1v) is 4.93. The molecule has 0 fully saturated rings. The highest BCUT2D eigenvalue weighted by molar-refractivity contribution is 6.04. The molecular weight excluding hydrogens is 194 g/mol. The van der Waals surface area contributed by atoms with Crippen molar-refractivity contribution in [3.8, 4) is 0 Å². The Labute approximate surface area is 89.5 Å². The van der Waals surface area contributed by atoms with Crippen molar-refractivity contribution in [2.45, 2.75) is 39.7 Å². The van der Waals surface area contributed by atoms with Crippen LogP contribution in [0.25, 0.3) is 0 Å². The third-order valence-electron chi connectivity index (χ3n) is 1.79. The highest BCUT2D eigenvalue weighted by Crippen LogP contribution is 2.07. The molecule has 1 N–H and O–H groups in total. The molecule has 0 spiro atoms. The van der Waals surface area contributed by atoms with Crippen LogP contribution in [0.4, 0.5) is 0 Å². The van der Waals surface area contributed by atoms with E-state index in [-0.39, 0.29) is 23.9 Å². The second kappa shape index (κ2) is 4.00. The van der Waals surface area contributed by atoms with Crippen molar-refractivity contribution in [1.82, 2.24) is 10.3 Å². The van der Waals surface area contributed by atoms with Crippen LogP contribution in [0.3, 0.4) is 0 Å². The molecule has 15 heavy (non-hydrogen) atoms. The predicted molar refractivity (Wildman–Crippen MR) is 57.3 cm³/mol. The van der Waals surface area contributed by atoms with Crippen molar-refractivity contribution in [3.63, 3.8) is 0 Å². The van der Waals surface area contributed by atoms with Crippen molar-refractivity contribution in [3.05, 3.63) is 0 Å². The molecule has 84 valence electrons. The van der Waals surface area contributed by atoms with Gasteiger partial charge in [0, 0.05) is 11.3 Å². The number of hydrogen-bond donors (Lipinski definition) is 1. The molecule has 0 bridgehead atoms. The lowest BCUT2D eigenvalue weighted by Gasteiger charge is -2.21. The fourth-order valence-corrected chi connectivity index (χ4v) is 1.32. The van der Waals surface area contributed by atoms with E-state index in [4.69, 9.17) is 0 Å². The molecular formula is C10H17N3O2. The molecule has 0 saturated carbocycles. The predicted octanol–water partition coefficient (Wildman–Crippen LogP) is 0.509. The fraction of sp³-hybridized carbons (Fsp3) is 0.700. The molecule has 5 nitrogen and oxygen atoms in total. The molecule has 0 aromatic carbocycles. The SMILES string of the molecule is CC1=NN(CC(=O)NC(C)(C)C)C(=O)C1. The van der Waals surface area contributed by atoms with Gasteiger partial charge in [-0.15, -0.1) is 0 Å². The average Bonchev–Trinajstić information content (AvgIpc) is 2.25. The maximum Gasteiger partial charge on any atom is 0.248 e. The van der Waals surface area contributed by atoms with Crippen LogP contribution in [0, 0.1) is 0 Å². The third-order valence-corrected chi connectivity index (χ3v) is 1.79. The van der Waals surface area contributed by atoms with Gasteiger partial charge in [-0.05, 0) is 27.7 Å². The van der Waals surface area contributed by atoms with E-state index in [9.17, 15) is 9.59 Å². The van der Waals surface area contributed by atoms with E-state index in [0.29, 0.717) is 6.42 Å². The van der Waals surface area contributed by atoms with Crippen molar-refractivity contribution >= 4 is 17.5 Å². The van der Waals surface area contributed by atoms with E-state index in [1.54, 1.807) is 6.92 Å². The lowest BCUT2D eigenvalue weighted by molar-refractivity contribution is -0.134. The van der Waals surface area contributed by atoms with Crippen LogP contribution in [0.5, 0.6) is 0 Å². The first-order valence-electron chi connectivity index (χ1n) is 4.93. The summed E-state index contributed by atoms with van der Waals surface area (Å²) >= 11 is 0. The molecule has 0 aromatic heterocycles. The van der Waals surface area contributed by atoms with Gasteiger partial charge in [0.25, 0.3) is 0 Å². The maximum atomic E-state index is 11.5. The van der Waals surface area contributed by atoms with Gasteiger partial charge in [0.2, 0.25) is 11.8 Å². The monoisotopic (exact) mass is 211 g/mol. The summed E-state index contributed by atoms with van der Waals surface area (Å²) in [6, 6.07) is 0. The topological polar surface area (TPSA) is 61.8 Å². The number of rotatable bonds is 2. The second-order valence-electron chi connectivity index (χ2n) is 4.76. The lowest BCUT2D eigenvalue weighted by Crippen LogP contribution is -2.45. The van der Waals surface area contributed by atoms with E-state index in [0.717, 1.165) is 5.71 Å². The molecule has 0 aliphatic carbocycles. The van der Waals surface area contributed by atoms with Gasteiger partial charge < -0.3 is 5.32 Å². The second-order valence-corrected chi connectivity index (χ2v) is 4.76.